The lowest BCUT2D eigenvalue weighted by Gasteiger charge is -2.29. The molecule has 2 aromatic carbocycles. The summed E-state index contributed by atoms with van der Waals surface area (Å²) < 4.78 is 13.4. The van der Waals surface area contributed by atoms with Gasteiger partial charge in [0.1, 0.15) is 11.5 Å². The van der Waals surface area contributed by atoms with Crippen LogP contribution in [0.15, 0.2) is 42.5 Å². The van der Waals surface area contributed by atoms with Crippen molar-refractivity contribution < 1.29 is 9.47 Å². The summed E-state index contributed by atoms with van der Waals surface area (Å²) >= 11 is 0. The molecule has 1 aliphatic heterocycles. The highest BCUT2D eigenvalue weighted by Crippen LogP contribution is 2.42. The topological polar surface area (TPSA) is 23.4 Å². The molecule has 1 aromatic heterocycles. The Morgan fingerprint density at radius 1 is 1.00 bits per heavy atom. The molecule has 0 radical (unpaired) electrons. The summed E-state index contributed by atoms with van der Waals surface area (Å²) in [5, 5.41) is 1.24. The average molecular weight is 321 g/mol. The molecule has 3 aromatic rings. The lowest BCUT2D eigenvalue weighted by Crippen LogP contribution is -2.18. The number of nitrogens with zero attached hydrogens (tertiary/aromatic N) is 1. The molecule has 1 aliphatic rings. The fraction of sp³-hybridized carbons (Fsp3) is 0.333. The Balaban J connectivity index is 1.95. The van der Waals surface area contributed by atoms with Crippen LogP contribution in [0.25, 0.3) is 22.2 Å². The van der Waals surface area contributed by atoms with Gasteiger partial charge in [-0.3, -0.25) is 0 Å². The van der Waals surface area contributed by atoms with Gasteiger partial charge in [-0.1, -0.05) is 13.3 Å². The van der Waals surface area contributed by atoms with E-state index in [0.717, 1.165) is 17.9 Å². The van der Waals surface area contributed by atoms with E-state index in [-0.39, 0.29) is 0 Å². The summed E-state index contributed by atoms with van der Waals surface area (Å²) in [5.41, 5.74) is 5.31. The predicted octanol–water partition coefficient (Wildman–Crippen LogP) is 5.22. The van der Waals surface area contributed by atoms with E-state index in [9.17, 15) is 0 Å². The first-order chi connectivity index (χ1) is 11.7. The molecule has 2 heterocycles. The molecule has 3 heteroatoms. The molecular formula is C21H23NO2. The van der Waals surface area contributed by atoms with Crippen LogP contribution in [0, 0.1) is 0 Å². The summed E-state index contributed by atoms with van der Waals surface area (Å²) in [4.78, 5) is 0. The molecule has 0 aliphatic carbocycles. The number of ether oxygens (including phenoxy) is 2. The van der Waals surface area contributed by atoms with Crippen LogP contribution < -0.4 is 9.47 Å². The van der Waals surface area contributed by atoms with E-state index in [1.165, 1.54) is 40.6 Å². The molecule has 124 valence electrons. The zero-order valence-corrected chi connectivity index (χ0v) is 14.5. The maximum Gasteiger partial charge on any atom is 0.119 e. The van der Waals surface area contributed by atoms with Crippen LogP contribution in [0.1, 0.15) is 31.4 Å². The summed E-state index contributed by atoms with van der Waals surface area (Å²) in [5.74, 6) is 1.85. The second kappa shape index (κ2) is 5.90. The molecule has 0 N–H and O–H groups in total. The highest BCUT2D eigenvalue weighted by Gasteiger charge is 2.26. The van der Waals surface area contributed by atoms with Gasteiger partial charge in [-0.05, 0) is 60.9 Å². The van der Waals surface area contributed by atoms with Crippen molar-refractivity contribution in [1.29, 1.82) is 0 Å². The molecule has 1 atom stereocenters. The van der Waals surface area contributed by atoms with E-state index in [2.05, 4.69) is 54.0 Å². The molecule has 1 unspecified atom stereocenters. The normalized spacial score (nSPS) is 15.9. The molecule has 0 fully saturated rings. The molecule has 24 heavy (non-hydrogen) atoms. The zero-order valence-electron chi connectivity index (χ0n) is 14.5. The quantitative estimate of drug-likeness (QED) is 0.657. The van der Waals surface area contributed by atoms with Gasteiger partial charge in [0.05, 0.1) is 14.2 Å². The summed E-state index contributed by atoms with van der Waals surface area (Å²) in [7, 11) is 3.45. The van der Waals surface area contributed by atoms with Crippen molar-refractivity contribution in [2.24, 2.45) is 0 Å². The number of benzene rings is 2. The van der Waals surface area contributed by atoms with Crippen molar-refractivity contribution in [2.75, 3.05) is 14.2 Å². The average Bonchev–Trinajstić information content (AvgIpc) is 3.00. The Kier molecular flexibility index (Phi) is 3.72. The first-order valence-electron chi connectivity index (χ1n) is 8.61. The minimum absolute atomic E-state index is 0.496. The fourth-order valence-corrected chi connectivity index (χ4v) is 3.97. The lowest BCUT2D eigenvalue weighted by atomic mass is 9.91. The number of hydrogen-bond donors (Lipinski definition) is 0. The largest absolute Gasteiger partial charge is 0.497 e. The first-order valence-corrected chi connectivity index (χ1v) is 8.61. The van der Waals surface area contributed by atoms with Crippen LogP contribution in [-0.2, 0) is 6.42 Å². The fourth-order valence-electron chi connectivity index (χ4n) is 3.97. The third-order valence-corrected chi connectivity index (χ3v) is 5.08. The minimum Gasteiger partial charge on any atom is -0.497 e. The third-order valence-electron chi connectivity index (χ3n) is 5.08. The second-order valence-electron chi connectivity index (χ2n) is 6.49. The first kappa shape index (κ1) is 15.1. The maximum atomic E-state index is 5.43. The SMILES string of the molecule is CCCC1Cc2cc(OC)ccc2-c2cc3cc(OC)ccc3n21. The van der Waals surface area contributed by atoms with E-state index < -0.39 is 0 Å². The van der Waals surface area contributed by atoms with Gasteiger partial charge in [0, 0.05) is 28.2 Å². The Labute approximate surface area is 142 Å². The Morgan fingerprint density at radius 2 is 1.75 bits per heavy atom. The van der Waals surface area contributed by atoms with Gasteiger partial charge in [-0.2, -0.15) is 0 Å². The van der Waals surface area contributed by atoms with Gasteiger partial charge in [0.2, 0.25) is 0 Å². The summed E-state index contributed by atoms with van der Waals surface area (Å²) in [6, 6.07) is 15.6. The Hall–Kier alpha value is -2.42. The van der Waals surface area contributed by atoms with Crippen molar-refractivity contribution in [1.82, 2.24) is 4.57 Å². The van der Waals surface area contributed by atoms with E-state index in [0.29, 0.717) is 6.04 Å². The van der Waals surface area contributed by atoms with Gasteiger partial charge >= 0.3 is 0 Å². The summed E-state index contributed by atoms with van der Waals surface area (Å²) in [6.07, 6.45) is 3.42. The smallest absolute Gasteiger partial charge is 0.119 e. The molecule has 0 spiro atoms. The van der Waals surface area contributed by atoms with Gasteiger partial charge in [0.15, 0.2) is 0 Å². The minimum atomic E-state index is 0.496. The highest BCUT2D eigenvalue weighted by atomic mass is 16.5. The van der Waals surface area contributed by atoms with Gasteiger partial charge in [-0.25, -0.2) is 0 Å². The molecular weight excluding hydrogens is 298 g/mol. The van der Waals surface area contributed by atoms with Crippen molar-refractivity contribution in [3.8, 4) is 22.8 Å². The Bertz CT molecular complexity index is 894. The second-order valence-corrected chi connectivity index (χ2v) is 6.49. The zero-order chi connectivity index (χ0) is 16.7. The van der Waals surface area contributed by atoms with Gasteiger partial charge in [0.25, 0.3) is 0 Å². The molecule has 0 saturated carbocycles. The maximum absolute atomic E-state index is 5.43. The van der Waals surface area contributed by atoms with Crippen LogP contribution in [0.4, 0.5) is 0 Å². The number of fused-ring (bicyclic) bond motifs is 5. The van der Waals surface area contributed by atoms with E-state index in [1.807, 2.05) is 0 Å². The van der Waals surface area contributed by atoms with Gasteiger partial charge < -0.3 is 14.0 Å². The van der Waals surface area contributed by atoms with Crippen molar-refractivity contribution in [3.05, 3.63) is 48.0 Å². The van der Waals surface area contributed by atoms with E-state index in [1.54, 1.807) is 14.2 Å². The van der Waals surface area contributed by atoms with Crippen molar-refractivity contribution >= 4 is 10.9 Å². The van der Waals surface area contributed by atoms with Crippen LogP contribution in [0.2, 0.25) is 0 Å². The number of rotatable bonds is 4. The van der Waals surface area contributed by atoms with Crippen LogP contribution >= 0.6 is 0 Å². The number of hydrogen-bond acceptors (Lipinski definition) is 2. The monoisotopic (exact) mass is 321 g/mol. The molecule has 3 nitrogen and oxygen atoms in total. The van der Waals surface area contributed by atoms with Crippen molar-refractivity contribution in [3.63, 3.8) is 0 Å². The van der Waals surface area contributed by atoms with Crippen LogP contribution in [0.3, 0.4) is 0 Å². The van der Waals surface area contributed by atoms with Crippen molar-refractivity contribution in [2.45, 2.75) is 32.2 Å². The number of methoxy groups -OCH3 is 2. The molecule has 0 bridgehead atoms. The highest BCUT2D eigenvalue weighted by molar-refractivity contribution is 5.89. The van der Waals surface area contributed by atoms with Gasteiger partial charge in [-0.15, -0.1) is 0 Å². The Morgan fingerprint density at radius 3 is 2.50 bits per heavy atom. The van der Waals surface area contributed by atoms with E-state index in [4.69, 9.17) is 9.47 Å². The molecule has 0 saturated heterocycles. The predicted molar refractivity (Wildman–Crippen MR) is 98.1 cm³/mol. The standard InChI is InChI=1S/C21H23NO2/c1-4-5-16-10-14-11-17(23-2)6-8-19(14)21-13-15-12-18(24-3)7-9-20(15)22(16)21/h6-9,11-13,16H,4-5,10H2,1-3H3. The molecule has 0 amide bonds. The van der Waals surface area contributed by atoms with E-state index >= 15 is 0 Å². The molecule has 4 rings (SSSR count). The van der Waals surface area contributed by atoms with Crippen LogP contribution in [-0.4, -0.2) is 18.8 Å². The van der Waals surface area contributed by atoms with Crippen LogP contribution in [0.5, 0.6) is 11.5 Å². The number of aromatic nitrogens is 1. The lowest BCUT2D eigenvalue weighted by molar-refractivity contribution is 0.412. The summed E-state index contributed by atoms with van der Waals surface area (Å²) in [6.45, 7) is 2.26. The third kappa shape index (κ3) is 2.27.